The fourth-order valence-electron chi connectivity index (χ4n) is 5.79. The molecule has 0 radical (unpaired) electrons. The summed E-state index contributed by atoms with van der Waals surface area (Å²) in [7, 11) is 0. The van der Waals surface area contributed by atoms with E-state index in [0.29, 0.717) is 54.2 Å². The lowest BCUT2D eigenvalue weighted by Gasteiger charge is -2.28. The summed E-state index contributed by atoms with van der Waals surface area (Å²) in [6.07, 6.45) is 3.75. The zero-order chi connectivity index (χ0) is 31.9. The highest BCUT2D eigenvalue weighted by atomic mass is 19.1. The summed E-state index contributed by atoms with van der Waals surface area (Å²) < 4.78 is 46.8. The van der Waals surface area contributed by atoms with Gasteiger partial charge in [0.15, 0.2) is 0 Å². The Bertz CT molecular complexity index is 2090. The van der Waals surface area contributed by atoms with Crippen LogP contribution in [0.4, 0.5) is 13.2 Å². The summed E-state index contributed by atoms with van der Waals surface area (Å²) in [5.41, 5.74) is 4.19. The Hall–Kier alpha value is -5.72. The van der Waals surface area contributed by atoms with Crippen LogP contribution in [0.2, 0.25) is 0 Å². The Labute approximate surface area is 260 Å². The fourth-order valence-corrected chi connectivity index (χ4v) is 5.79. The van der Waals surface area contributed by atoms with Gasteiger partial charge in [-0.1, -0.05) is 35.5 Å². The number of carbonyl (C=O) groups is 1. The largest absolute Gasteiger partial charge is 0.331 e. The van der Waals surface area contributed by atoms with Crippen molar-refractivity contribution in [2.45, 2.75) is 32.5 Å². The van der Waals surface area contributed by atoms with Crippen molar-refractivity contribution in [2.24, 2.45) is 0 Å². The van der Waals surface area contributed by atoms with E-state index >= 15 is 0 Å². The number of amides is 1. The van der Waals surface area contributed by atoms with Gasteiger partial charge in [-0.15, -0.1) is 5.10 Å². The third-order valence-corrected chi connectivity index (χ3v) is 8.19. The number of rotatable bonds is 7. The van der Waals surface area contributed by atoms with Crippen LogP contribution in [0.5, 0.6) is 0 Å². The molecule has 232 valence electrons. The lowest BCUT2D eigenvalue weighted by Crippen LogP contribution is -2.38. The molecule has 10 nitrogen and oxygen atoms in total. The molecule has 0 aliphatic carbocycles. The van der Waals surface area contributed by atoms with Gasteiger partial charge >= 0.3 is 0 Å². The summed E-state index contributed by atoms with van der Waals surface area (Å²) in [6, 6.07) is 18.6. The SMILES string of the molecule is C[C@@H](c1c(F)cc(F)cc1F)n1cc(-c2cnn3c2CN(C(=O)c2ccc(-n4[nH]c(Cc5ccccc5)cc4=O)cc2)CC3)nn1. The average molecular weight is 625 g/mol. The van der Waals surface area contributed by atoms with Crippen molar-refractivity contribution in [3.63, 3.8) is 0 Å². The van der Waals surface area contributed by atoms with E-state index in [-0.39, 0.29) is 23.6 Å². The van der Waals surface area contributed by atoms with Crippen LogP contribution in [-0.2, 0) is 19.5 Å². The van der Waals surface area contributed by atoms with Crippen LogP contribution >= 0.6 is 0 Å². The number of nitrogens with one attached hydrogen (secondary N) is 1. The Morgan fingerprint density at radius 2 is 1.72 bits per heavy atom. The molecular weight excluding hydrogens is 597 g/mol. The van der Waals surface area contributed by atoms with Crippen LogP contribution in [0.25, 0.3) is 16.9 Å². The number of benzene rings is 3. The minimum atomic E-state index is -1.01. The first kappa shape index (κ1) is 29.0. The van der Waals surface area contributed by atoms with Gasteiger partial charge in [-0.25, -0.2) is 22.5 Å². The zero-order valence-corrected chi connectivity index (χ0v) is 24.6. The van der Waals surface area contributed by atoms with E-state index < -0.39 is 23.5 Å². The quantitative estimate of drug-likeness (QED) is 0.272. The van der Waals surface area contributed by atoms with Gasteiger partial charge in [0.1, 0.15) is 23.1 Å². The van der Waals surface area contributed by atoms with Crippen molar-refractivity contribution in [3.8, 4) is 16.9 Å². The van der Waals surface area contributed by atoms with E-state index in [9.17, 15) is 22.8 Å². The van der Waals surface area contributed by atoms with E-state index in [1.54, 1.807) is 46.1 Å². The number of carbonyl (C=O) groups excluding carboxylic acids is 1. The Balaban J connectivity index is 1.07. The van der Waals surface area contributed by atoms with E-state index in [4.69, 9.17) is 0 Å². The van der Waals surface area contributed by atoms with Crippen molar-refractivity contribution in [1.82, 2.24) is 39.5 Å². The first-order chi connectivity index (χ1) is 22.2. The topological polar surface area (TPSA) is 107 Å². The molecule has 4 heterocycles. The number of hydrogen-bond donors (Lipinski definition) is 1. The second-order valence-corrected chi connectivity index (χ2v) is 11.2. The summed E-state index contributed by atoms with van der Waals surface area (Å²) in [5, 5.41) is 15.8. The predicted molar refractivity (Wildman–Crippen MR) is 162 cm³/mol. The number of aromatic nitrogens is 7. The molecule has 0 bridgehead atoms. The molecule has 13 heteroatoms. The van der Waals surface area contributed by atoms with Crippen LogP contribution in [0, 0.1) is 17.5 Å². The minimum absolute atomic E-state index is 0.187. The highest BCUT2D eigenvalue weighted by Gasteiger charge is 2.27. The summed E-state index contributed by atoms with van der Waals surface area (Å²) in [4.78, 5) is 27.9. The highest BCUT2D eigenvalue weighted by molar-refractivity contribution is 5.94. The normalized spacial score (nSPS) is 13.5. The lowest BCUT2D eigenvalue weighted by molar-refractivity contribution is 0.0706. The first-order valence-corrected chi connectivity index (χ1v) is 14.6. The van der Waals surface area contributed by atoms with Gasteiger partial charge in [-0.3, -0.25) is 19.4 Å². The Morgan fingerprint density at radius 1 is 0.978 bits per heavy atom. The number of aromatic amines is 1. The molecule has 0 spiro atoms. The van der Waals surface area contributed by atoms with Crippen LogP contribution in [0.15, 0.2) is 90.0 Å². The van der Waals surface area contributed by atoms with E-state index in [1.807, 2.05) is 30.3 Å². The third-order valence-electron chi connectivity index (χ3n) is 8.19. The van der Waals surface area contributed by atoms with Gasteiger partial charge in [0, 0.05) is 53.5 Å². The van der Waals surface area contributed by atoms with Crippen molar-refractivity contribution in [1.29, 1.82) is 0 Å². The van der Waals surface area contributed by atoms with Crippen molar-refractivity contribution >= 4 is 5.91 Å². The van der Waals surface area contributed by atoms with Crippen molar-refractivity contribution in [3.05, 3.63) is 141 Å². The molecule has 6 aromatic rings. The number of hydrogen-bond acceptors (Lipinski definition) is 5. The van der Waals surface area contributed by atoms with Crippen molar-refractivity contribution in [2.75, 3.05) is 6.54 Å². The van der Waals surface area contributed by atoms with E-state index in [0.717, 1.165) is 17.0 Å². The van der Waals surface area contributed by atoms with E-state index in [2.05, 4.69) is 20.5 Å². The molecule has 3 aromatic heterocycles. The van der Waals surface area contributed by atoms with Gasteiger partial charge in [0.05, 0.1) is 42.9 Å². The van der Waals surface area contributed by atoms with Gasteiger partial charge in [0.2, 0.25) is 0 Å². The molecule has 1 aliphatic heterocycles. The molecule has 0 saturated heterocycles. The van der Waals surface area contributed by atoms with E-state index in [1.165, 1.54) is 22.5 Å². The number of halogens is 3. The second-order valence-electron chi connectivity index (χ2n) is 11.2. The third kappa shape index (κ3) is 5.40. The maximum atomic E-state index is 14.4. The summed E-state index contributed by atoms with van der Waals surface area (Å²) >= 11 is 0. The van der Waals surface area contributed by atoms with Crippen LogP contribution < -0.4 is 5.56 Å². The minimum Gasteiger partial charge on any atom is -0.331 e. The summed E-state index contributed by atoms with van der Waals surface area (Å²) in [6.45, 7) is 2.67. The van der Waals surface area contributed by atoms with Gasteiger partial charge in [-0.2, -0.15) is 5.10 Å². The van der Waals surface area contributed by atoms with Crippen LogP contribution in [0.1, 0.15) is 45.8 Å². The smallest absolute Gasteiger partial charge is 0.271 e. The Morgan fingerprint density at radius 3 is 2.46 bits per heavy atom. The summed E-state index contributed by atoms with van der Waals surface area (Å²) in [5.74, 6) is -3.22. The van der Waals surface area contributed by atoms with Crippen LogP contribution in [-0.4, -0.2) is 51.9 Å². The predicted octanol–water partition coefficient (Wildman–Crippen LogP) is 4.89. The van der Waals surface area contributed by atoms with Crippen LogP contribution in [0.3, 0.4) is 0 Å². The lowest BCUT2D eigenvalue weighted by atomic mass is 10.1. The average Bonchev–Trinajstić information content (AvgIpc) is 3.79. The van der Waals surface area contributed by atoms with Gasteiger partial charge in [-0.05, 0) is 36.8 Å². The molecule has 0 fully saturated rings. The molecule has 1 N–H and O–H groups in total. The second kappa shape index (κ2) is 11.7. The molecule has 46 heavy (non-hydrogen) atoms. The standard InChI is InChI=1S/C33H27F3N8O2/c1-20(32-27(35)14-23(34)15-28(32)36)43-18-29(38-40-43)26-17-37-42-12-11-41(19-30(26)42)33(46)22-7-9-25(10-8-22)44-31(45)16-24(39-44)13-21-5-3-2-4-6-21/h2-10,14-18,20,39H,11-13,19H2,1H3/t20-/m0/s1. The maximum absolute atomic E-state index is 14.4. The molecule has 7 rings (SSSR count). The van der Waals surface area contributed by atoms with Gasteiger partial charge in [0.25, 0.3) is 11.5 Å². The molecular formula is C33H27F3N8O2. The highest BCUT2D eigenvalue weighted by Crippen LogP contribution is 2.29. The number of nitrogens with zero attached hydrogens (tertiary/aromatic N) is 7. The molecule has 3 aromatic carbocycles. The fraction of sp³-hybridized carbons (Fsp3) is 0.182. The monoisotopic (exact) mass is 624 g/mol. The first-order valence-electron chi connectivity index (χ1n) is 14.6. The zero-order valence-electron chi connectivity index (χ0n) is 24.6. The molecule has 0 saturated carbocycles. The molecule has 1 amide bonds. The number of H-pyrrole nitrogens is 1. The van der Waals surface area contributed by atoms with Gasteiger partial charge < -0.3 is 4.90 Å². The van der Waals surface area contributed by atoms with Crippen molar-refractivity contribution < 1.29 is 18.0 Å². The molecule has 1 aliphatic rings. The molecule has 0 unspecified atom stereocenters. The maximum Gasteiger partial charge on any atom is 0.271 e. The Kier molecular flexibility index (Phi) is 7.35. The number of fused-ring (bicyclic) bond motifs is 1. The molecule has 1 atom stereocenters.